The monoisotopic (exact) mass is 337 g/mol. The number of aryl methyl sites for hydroxylation is 1. The van der Waals surface area contributed by atoms with E-state index in [4.69, 9.17) is 11.6 Å². The van der Waals surface area contributed by atoms with Crippen LogP contribution in [-0.2, 0) is 0 Å². The number of carbonyl (C=O) groups excluding carboxylic acids is 1. The average Bonchev–Trinajstić information content (AvgIpc) is 2.57. The van der Waals surface area contributed by atoms with Gasteiger partial charge >= 0.3 is 6.03 Å². The van der Waals surface area contributed by atoms with E-state index in [1.807, 2.05) is 23.1 Å². The highest BCUT2D eigenvalue weighted by Gasteiger charge is 2.21. The van der Waals surface area contributed by atoms with Crippen LogP contribution in [0.25, 0.3) is 0 Å². The van der Waals surface area contributed by atoms with Gasteiger partial charge in [0, 0.05) is 43.4 Å². The number of amides is 2. The molecule has 0 aliphatic carbocycles. The molecule has 1 fully saturated rings. The van der Waals surface area contributed by atoms with Gasteiger partial charge in [-0.3, -0.25) is 0 Å². The van der Waals surface area contributed by atoms with Crippen molar-refractivity contribution in [2.75, 3.05) is 37.6 Å². The molecule has 128 valence electrons. The van der Waals surface area contributed by atoms with E-state index in [1.54, 1.807) is 0 Å². The van der Waals surface area contributed by atoms with E-state index in [1.165, 1.54) is 30.5 Å². The molecule has 0 bridgehead atoms. The van der Waals surface area contributed by atoms with Gasteiger partial charge in [0.25, 0.3) is 0 Å². The Balaban J connectivity index is 1.77. The van der Waals surface area contributed by atoms with Gasteiger partial charge in [0.1, 0.15) is 0 Å². The Bertz CT molecular complexity index is 513. The molecule has 1 heterocycles. The Morgan fingerprint density at radius 2 is 1.91 bits per heavy atom. The fourth-order valence-corrected chi connectivity index (χ4v) is 3.10. The summed E-state index contributed by atoms with van der Waals surface area (Å²) < 4.78 is 0. The van der Waals surface area contributed by atoms with Crippen LogP contribution < -0.4 is 10.2 Å². The van der Waals surface area contributed by atoms with Crippen molar-refractivity contribution < 1.29 is 4.79 Å². The first-order chi connectivity index (χ1) is 11.1. The van der Waals surface area contributed by atoms with Crippen molar-refractivity contribution in [1.29, 1.82) is 0 Å². The van der Waals surface area contributed by atoms with Crippen LogP contribution in [0.15, 0.2) is 18.2 Å². The molecule has 1 aromatic carbocycles. The quantitative estimate of drug-likeness (QED) is 0.794. The fourth-order valence-electron chi connectivity index (χ4n) is 2.93. The Morgan fingerprint density at radius 1 is 1.17 bits per heavy atom. The molecular formula is C18H28ClN3O. The van der Waals surface area contributed by atoms with Crippen molar-refractivity contribution in [3.8, 4) is 0 Å². The predicted octanol–water partition coefficient (Wildman–Crippen LogP) is 4.06. The molecule has 1 N–H and O–H groups in total. The van der Waals surface area contributed by atoms with Gasteiger partial charge in [-0.15, -0.1) is 0 Å². The molecule has 1 aromatic rings. The number of piperazine rings is 1. The Hall–Kier alpha value is -1.42. The largest absolute Gasteiger partial charge is 0.368 e. The van der Waals surface area contributed by atoms with Gasteiger partial charge in [-0.05, 0) is 31.0 Å². The number of anilines is 1. The van der Waals surface area contributed by atoms with E-state index in [2.05, 4.69) is 24.1 Å². The summed E-state index contributed by atoms with van der Waals surface area (Å²) in [5.41, 5.74) is 2.40. The number of hydrogen-bond donors (Lipinski definition) is 1. The first kappa shape index (κ1) is 17.9. The zero-order chi connectivity index (χ0) is 16.7. The molecule has 0 spiro atoms. The second-order valence-corrected chi connectivity index (χ2v) is 6.63. The highest BCUT2D eigenvalue weighted by atomic mass is 35.5. The second kappa shape index (κ2) is 9.02. The normalized spacial score (nSPS) is 14.9. The van der Waals surface area contributed by atoms with Gasteiger partial charge in [0.15, 0.2) is 0 Å². The van der Waals surface area contributed by atoms with Crippen LogP contribution in [0.4, 0.5) is 10.5 Å². The molecule has 2 amide bonds. The van der Waals surface area contributed by atoms with Crippen molar-refractivity contribution in [3.05, 3.63) is 28.8 Å². The maximum atomic E-state index is 12.2. The molecule has 0 aromatic heterocycles. The number of hydrogen-bond acceptors (Lipinski definition) is 2. The fraction of sp³-hybridized carbons (Fsp3) is 0.611. The number of unbranched alkanes of at least 4 members (excludes halogenated alkanes) is 3. The Labute approximate surface area is 144 Å². The molecule has 0 saturated carbocycles. The van der Waals surface area contributed by atoms with Crippen LogP contribution in [0.5, 0.6) is 0 Å². The minimum atomic E-state index is 0.0731. The molecule has 0 radical (unpaired) electrons. The maximum absolute atomic E-state index is 12.2. The van der Waals surface area contributed by atoms with Crippen molar-refractivity contribution in [2.45, 2.75) is 39.5 Å². The topological polar surface area (TPSA) is 35.6 Å². The Morgan fingerprint density at radius 3 is 2.61 bits per heavy atom. The molecule has 0 atom stereocenters. The van der Waals surface area contributed by atoms with Gasteiger partial charge in [-0.25, -0.2) is 4.79 Å². The average molecular weight is 338 g/mol. The lowest BCUT2D eigenvalue weighted by molar-refractivity contribution is 0.194. The third kappa shape index (κ3) is 5.31. The summed E-state index contributed by atoms with van der Waals surface area (Å²) in [6.07, 6.45) is 4.73. The molecule has 1 saturated heterocycles. The first-order valence-electron chi connectivity index (χ1n) is 8.65. The van der Waals surface area contributed by atoms with Crippen molar-refractivity contribution in [2.24, 2.45) is 0 Å². The molecular weight excluding hydrogens is 310 g/mol. The lowest BCUT2D eigenvalue weighted by atomic mass is 10.1. The van der Waals surface area contributed by atoms with Crippen molar-refractivity contribution in [3.63, 3.8) is 0 Å². The maximum Gasteiger partial charge on any atom is 0.317 e. The molecule has 0 unspecified atom stereocenters. The Kier molecular flexibility index (Phi) is 7.03. The second-order valence-electron chi connectivity index (χ2n) is 6.20. The molecule has 1 aliphatic heterocycles. The minimum Gasteiger partial charge on any atom is -0.368 e. The number of urea groups is 1. The van der Waals surface area contributed by atoms with Crippen LogP contribution in [0.2, 0.25) is 5.02 Å². The lowest BCUT2D eigenvalue weighted by Gasteiger charge is -2.36. The summed E-state index contributed by atoms with van der Waals surface area (Å²) in [6, 6.07) is 6.06. The van der Waals surface area contributed by atoms with E-state index in [-0.39, 0.29) is 6.03 Å². The van der Waals surface area contributed by atoms with Crippen LogP contribution in [-0.4, -0.2) is 43.7 Å². The summed E-state index contributed by atoms with van der Waals surface area (Å²) in [6.45, 7) is 8.29. The van der Waals surface area contributed by atoms with Crippen molar-refractivity contribution >= 4 is 23.3 Å². The van der Waals surface area contributed by atoms with Crippen LogP contribution in [0.3, 0.4) is 0 Å². The van der Waals surface area contributed by atoms with Gasteiger partial charge in [-0.1, -0.05) is 43.9 Å². The van der Waals surface area contributed by atoms with Gasteiger partial charge in [0.05, 0.1) is 0 Å². The summed E-state index contributed by atoms with van der Waals surface area (Å²) in [5.74, 6) is 0. The molecule has 23 heavy (non-hydrogen) atoms. The van der Waals surface area contributed by atoms with Crippen molar-refractivity contribution in [1.82, 2.24) is 10.2 Å². The summed E-state index contributed by atoms with van der Waals surface area (Å²) >= 11 is 6.11. The number of rotatable bonds is 6. The number of carbonyl (C=O) groups is 1. The molecule has 1 aliphatic rings. The SMILES string of the molecule is CCCCCCNC(=O)N1CCN(c2cc(Cl)ccc2C)CC1. The smallest absolute Gasteiger partial charge is 0.317 e. The summed E-state index contributed by atoms with van der Waals surface area (Å²) in [5, 5.41) is 3.80. The highest BCUT2D eigenvalue weighted by molar-refractivity contribution is 6.30. The number of nitrogens with zero attached hydrogens (tertiary/aromatic N) is 2. The number of nitrogens with one attached hydrogen (secondary N) is 1. The minimum absolute atomic E-state index is 0.0731. The standard InChI is InChI=1S/C18H28ClN3O/c1-3-4-5-6-9-20-18(23)22-12-10-21(11-13-22)17-14-16(19)8-7-15(17)2/h7-8,14H,3-6,9-13H2,1-2H3,(H,20,23). The van der Waals surface area contributed by atoms with Crippen LogP contribution >= 0.6 is 11.6 Å². The van der Waals surface area contributed by atoms with E-state index in [9.17, 15) is 4.79 Å². The first-order valence-corrected chi connectivity index (χ1v) is 9.03. The zero-order valence-corrected chi connectivity index (χ0v) is 15.0. The number of benzene rings is 1. The van der Waals surface area contributed by atoms with E-state index >= 15 is 0 Å². The third-order valence-corrected chi connectivity index (χ3v) is 4.62. The highest BCUT2D eigenvalue weighted by Crippen LogP contribution is 2.25. The lowest BCUT2D eigenvalue weighted by Crippen LogP contribution is -2.52. The van der Waals surface area contributed by atoms with E-state index < -0.39 is 0 Å². The van der Waals surface area contributed by atoms with E-state index in [0.29, 0.717) is 0 Å². The summed E-state index contributed by atoms with van der Waals surface area (Å²) in [7, 11) is 0. The third-order valence-electron chi connectivity index (χ3n) is 4.39. The number of halogens is 1. The van der Waals surface area contributed by atoms with Gasteiger partial charge in [-0.2, -0.15) is 0 Å². The van der Waals surface area contributed by atoms with Gasteiger partial charge < -0.3 is 15.1 Å². The van der Waals surface area contributed by atoms with Crippen LogP contribution in [0.1, 0.15) is 38.2 Å². The molecule has 5 heteroatoms. The van der Waals surface area contributed by atoms with Crippen LogP contribution in [0, 0.1) is 6.92 Å². The zero-order valence-electron chi connectivity index (χ0n) is 14.3. The van der Waals surface area contributed by atoms with Gasteiger partial charge in [0.2, 0.25) is 0 Å². The molecule has 4 nitrogen and oxygen atoms in total. The predicted molar refractivity (Wildman–Crippen MR) is 97.5 cm³/mol. The molecule has 2 rings (SSSR count). The van der Waals surface area contributed by atoms with E-state index in [0.717, 1.165) is 44.2 Å². The summed E-state index contributed by atoms with van der Waals surface area (Å²) in [4.78, 5) is 16.4.